The van der Waals surface area contributed by atoms with Crippen molar-refractivity contribution in [3.8, 4) is 0 Å². The van der Waals surface area contributed by atoms with Crippen LogP contribution in [-0.2, 0) is 19.4 Å². The predicted molar refractivity (Wildman–Crippen MR) is 102 cm³/mol. The van der Waals surface area contributed by atoms with E-state index in [1.54, 1.807) is 11.3 Å². The molecule has 2 aromatic rings. The monoisotopic (exact) mass is 394 g/mol. The van der Waals surface area contributed by atoms with E-state index < -0.39 is 0 Å². The molecule has 0 aliphatic carbocycles. The maximum atomic E-state index is 4.63. The molecule has 0 spiro atoms. The first-order valence-corrected chi connectivity index (χ1v) is 9.52. The highest BCUT2D eigenvalue weighted by atomic mass is 79.9. The maximum Gasteiger partial charge on any atom is 0.191 e. The molecule has 4 nitrogen and oxygen atoms in total. The molecule has 1 aromatic heterocycles. The first-order valence-electron chi connectivity index (χ1n) is 7.91. The van der Waals surface area contributed by atoms with E-state index in [1.165, 1.54) is 15.4 Å². The van der Waals surface area contributed by atoms with Gasteiger partial charge in [-0.2, -0.15) is 0 Å². The van der Waals surface area contributed by atoms with Crippen LogP contribution in [0.5, 0.6) is 0 Å². The average Bonchev–Trinajstić information content (AvgIpc) is 3.02. The number of guanidine groups is 1. The number of hydrogen-bond acceptors (Lipinski definition) is 3. The quantitative estimate of drug-likeness (QED) is 0.554. The summed E-state index contributed by atoms with van der Waals surface area (Å²) in [7, 11) is 0. The van der Waals surface area contributed by atoms with E-state index in [2.05, 4.69) is 62.5 Å². The summed E-state index contributed by atoms with van der Waals surface area (Å²) in [5.41, 5.74) is 1.19. The van der Waals surface area contributed by atoms with Crippen molar-refractivity contribution in [2.45, 2.75) is 33.2 Å². The molecule has 0 bridgehead atoms. The minimum atomic E-state index is 0.667. The second-order valence-corrected chi connectivity index (χ2v) is 7.19. The second-order valence-electron chi connectivity index (χ2n) is 5.07. The molecule has 0 atom stereocenters. The average molecular weight is 395 g/mol. The summed E-state index contributed by atoms with van der Waals surface area (Å²) in [5, 5.41) is 7.83. The van der Waals surface area contributed by atoms with Gasteiger partial charge >= 0.3 is 0 Å². The molecule has 23 heavy (non-hydrogen) atoms. The van der Waals surface area contributed by atoms with Crippen molar-refractivity contribution >= 4 is 33.2 Å². The summed E-state index contributed by atoms with van der Waals surface area (Å²) in [4.78, 5) is 10.4. The van der Waals surface area contributed by atoms with Crippen LogP contribution in [-0.4, -0.2) is 24.0 Å². The Morgan fingerprint density at radius 3 is 2.65 bits per heavy atom. The fourth-order valence-corrected chi connectivity index (χ4v) is 3.14. The van der Waals surface area contributed by atoms with Gasteiger partial charge in [0.1, 0.15) is 0 Å². The zero-order valence-corrected chi connectivity index (χ0v) is 16.0. The molecule has 0 radical (unpaired) electrons. The van der Waals surface area contributed by atoms with Crippen LogP contribution in [0.2, 0.25) is 0 Å². The fourth-order valence-electron chi connectivity index (χ4n) is 2.02. The highest BCUT2D eigenvalue weighted by molar-refractivity contribution is 9.10. The minimum Gasteiger partial charge on any atom is -0.357 e. The summed E-state index contributed by atoms with van der Waals surface area (Å²) < 4.78 is 1.09. The SMILES string of the molecule is CCNC(=NCc1ccc(Br)cc1)NCCc1ncc(CC)s1. The Kier molecular flexibility index (Phi) is 7.55. The van der Waals surface area contributed by atoms with Crippen LogP contribution in [0.1, 0.15) is 29.3 Å². The molecular formula is C17H23BrN4S. The van der Waals surface area contributed by atoms with E-state index in [1.807, 2.05) is 18.3 Å². The molecular weight excluding hydrogens is 372 g/mol. The van der Waals surface area contributed by atoms with Crippen LogP contribution in [0, 0.1) is 0 Å². The molecule has 0 saturated carbocycles. The Morgan fingerprint density at radius 1 is 1.22 bits per heavy atom. The Hall–Kier alpha value is -1.40. The predicted octanol–water partition coefficient (Wildman–Crippen LogP) is 3.77. The molecule has 0 saturated heterocycles. The summed E-state index contributed by atoms with van der Waals surface area (Å²) in [6.45, 7) is 6.59. The van der Waals surface area contributed by atoms with E-state index in [-0.39, 0.29) is 0 Å². The number of hydrogen-bond donors (Lipinski definition) is 2. The Bertz CT molecular complexity index is 622. The third kappa shape index (κ3) is 6.31. The highest BCUT2D eigenvalue weighted by Gasteiger charge is 2.02. The number of nitrogens with zero attached hydrogens (tertiary/aromatic N) is 2. The number of aliphatic imine (C=N–C) groups is 1. The molecule has 6 heteroatoms. The van der Waals surface area contributed by atoms with Crippen LogP contribution in [0.3, 0.4) is 0 Å². The van der Waals surface area contributed by atoms with Gasteiger partial charge in [0.25, 0.3) is 0 Å². The van der Waals surface area contributed by atoms with Gasteiger partial charge in [-0.05, 0) is 31.0 Å². The first kappa shape index (κ1) is 17.9. The van der Waals surface area contributed by atoms with Crippen LogP contribution >= 0.6 is 27.3 Å². The molecule has 1 aromatic carbocycles. The second kappa shape index (κ2) is 9.67. The van der Waals surface area contributed by atoms with Crippen molar-refractivity contribution in [1.29, 1.82) is 0 Å². The van der Waals surface area contributed by atoms with Crippen molar-refractivity contribution < 1.29 is 0 Å². The lowest BCUT2D eigenvalue weighted by molar-refractivity contribution is 0.796. The van der Waals surface area contributed by atoms with Crippen LogP contribution < -0.4 is 10.6 Å². The summed E-state index contributed by atoms with van der Waals surface area (Å²) in [5.74, 6) is 0.850. The molecule has 0 unspecified atom stereocenters. The summed E-state index contributed by atoms with van der Waals surface area (Å²) in [6, 6.07) is 8.25. The Morgan fingerprint density at radius 2 is 2.00 bits per heavy atom. The normalized spacial score (nSPS) is 11.5. The van der Waals surface area contributed by atoms with Crippen molar-refractivity contribution in [3.05, 3.63) is 50.4 Å². The molecule has 2 rings (SSSR count). The van der Waals surface area contributed by atoms with Gasteiger partial charge in [-0.25, -0.2) is 9.98 Å². The van der Waals surface area contributed by atoms with E-state index in [0.29, 0.717) is 6.54 Å². The topological polar surface area (TPSA) is 49.3 Å². The smallest absolute Gasteiger partial charge is 0.191 e. The van der Waals surface area contributed by atoms with Gasteiger partial charge in [0.05, 0.1) is 11.6 Å². The first-order chi connectivity index (χ1) is 11.2. The number of aromatic nitrogens is 1. The van der Waals surface area contributed by atoms with Gasteiger partial charge < -0.3 is 10.6 Å². The molecule has 0 aliphatic heterocycles. The molecule has 2 N–H and O–H groups in total. The molecule has 0 amide bonds. The number of halogens is 1. The van der Waals surface area contributed by atoms with Gasteiger partial charge in [0.2, 0.25) is 0 Å². The van der Waals surface area contributed by atoms with Gasteiger partial charge in [0, 0.05) is 35.1 Å². The standard InChI is InChI=1S/C17H23BrN4S/c1-3-15-12-21-16(23-15)9-10-20-17(19-4-2)22-11-13-5-7-14(18)8-6-13/h5-8,12H,3-4,9-11H2,1-2H3,(H2,19,20,22). The molecule has 124 valence electrons. The van der Waals surface area contributed by atoms with E-state index in [0.717, 1.165) is 36.4 Å². The lowest BCUT2D eigenvalue weighted by atomic mass is 10.2. The third-order valence-corrected chi connectivity index (χ3v) is 4.99. The Balaban J connectivity index is 1.84. The Labute approximate surface area is 150 Å². The number of aryl methyl sites for hydroxylation is 1. The maximum absolute atomic E-state index is 4.63. The van der Waals surface area contributed by atoms with Crippen molar-refractivity contribution in [2.75, 3.05) is 13.1 Å². The summed E-state index contributed by atoms with van der Waals surface area (Å²) >= 11 is 5.24. The lowest BCUT2D eigenvalue weighted by Gasteiger charge is -2.10. The highest BCUT2D eigenvalue weighted by Crippen LogP contribution is 2.13. The van der Waals surface area contributed by atoms with Gasteiger partial charge in [-0.15, -0.1) is 11.3 Å². The van der Waals surface area contributed by atoms with Crippen molar-refractivity contribution in [2.24, 2.45) is 4.99 Å². The molecule has 1 heterocycles. The fraction of sp³-hybridized carbons (Fsp3) is 0.412. The number of nitrogens with one attached hydrogen (secondary N) is 2. The van der Waals surface area contributed by atoms with Gasteiger partial charge in [-0.1, -0.05) is 35.0 Å². The van der Waals surface area contributed by atoms with E-state index in [4.69, 9.17) is 0 Å². The van der Waals surface area contributed by atoms with E-state index >= 15 is 0 Å². The van der Waals surface area contributed by atoms with E-state index in [9.17, 15) is 0 Å². The molecule has 0 fully saturated rings. The van der Waals surface area contributed by atoms with Crippen LogP contribution in [0.25, 0.3) is 0 Å². The number of benzene rings is 1. The third-order valence-electron chi connectivity index (χ3n) is 3.26. The zero-order chi connectivity index (χ0) is 16.5. The lowest BCUT2D eigenvalue weighted by Crippen LogP contribution is -2.38. The van der Waals surface area contributed by atoms with Crippen molar-refractivity contribution in [3.63, 3.8) is 0 Å². The van der Waals surface area contributed by atoms with Gasteiger partial charge in [-0.3, -0.25) is 0 Å². The van der Waals surface area contributed by atoms with Crippen molar-refractivity contribution in [1.82, 2.24) is 15.6 Å². The number of thiazole rings is 1. The van der Waals surface area contributed by atoms with Crippen LogP contribution in [0.4, 0.5) is 0 Å². The molecule has 0 aliphatic rings. The van der Waals surface area contributed by atoms with Crippen LogP contribution in [0.15, 0.2) is 39.9 Å². The summed E-state index contributed by atoms with van der Waals surface area (Å²) in [6.07, 6.45) is 3.96. The zero-order valence-electron chi connectivity index (χ0n) is 13.6. The number of rotatable bonds is 7. The van der Waals surface area contributed by atoms with Gasteiger partial charge in [0.15, 0.2) is 5.96 Å². The largest absolute Gasteiger partial charge is 0.357 e. The minimum absolute atomic E-state index is 0.667.